The van der Waals surface area contributed by atoms with Crippen LogP contribution in [-0.4, -0.2) is 11.6 Å². The van der Waals surface area contributed by atoms with E-state index < -0.39 is 0 Å². The summed E-state index contributed by atoms with van der Waals surface area (Å²) in [6.45, 7) is 0. The van der Waals surface area contributed by atoms with Crippen LogP contribution in [0.3, 0.4) is 0 Å². The Balaban J connectivity index is 1.93. The number of carbonyl (C=O) groups is 1. The van der Waals surface area contributed by atoms with E-state index in [1.807, 2.05) is 66.5 Å². The lowest BCUT2D eigenvalue weighted by molar-refractivity contribution is -0.671. The Morgan fingerprint density at radius 3 is 2.47 bits per heavy atom. The first-order valence-electron chi connectivity index (χ1n) is 6.15. The number of hydrogen-bond acceptors (Lipinski definition) is 2. The van der Waals surface area contributed by atoms with Crippen LogP contribution >= 0.6 is 0 Å². The molecule has 3 rings (SSSR count). The number of rotatable bonds is 2. The number of pyridine rings is 1. The first-order chi connectivity index (χ1) is 9.24. The number of anilines is 1. The normalized spacial score (nSPS) is 14.7. The molecule has 0 bridgehead atoms. The maximum Gasteiger partial charge on any atom is 0.253 e. The van der Waals surface area contributed by atoms with Gasteiger partial charge in [0.2, 0.25) is 0 Å². The fraction of sp³-hybridized carbons (Fsp3) is 0.133. The lowest BCUT2D eigenvalue weighted by Gasteiger charge is -2.10. The third kappa shape index (κ3) is 2.25. The van der Waals surface area contributed by atoms with E-state index in [4.69, 9.17) is 0 Å². The average Bonchev–Trinajstić information content (AvgIpc) is 2.83. The van der Waals surface area contributed by atoms with Crippen molar-refractivity contribution in [2.45, 2.75) is 6.42 Å². The van der Waals surface area contributed by atoms with E-state index >= 15 is 0 Å². The molecule has 1 aromatic heterocycles. The molecule has 0 radical (unpaired) electrons. The third-order valence-corrected chi connectivity index (χ3v) is 3.09. The molecule has 1 aliphatic rings. The van der Waals surface area contributed by atoms with Gasteiger partial charge in [-0.2, -0.15) is 5.10 Å². The Labute approximate surface area is 111 Å². The van der Waals surface area contributed by atoms with E-state index in [-0.39, 0.29) is 5.91 Å². The minimum Gasteiger partial charge on any atom is -0.272 e. The van der Waals surface area contributed by atoms with Gasteiger partial charge in [0.1, 0.15) is 7.05 Å². The molecule has 0 atom stereocenters. The van der Waals surface area contributed by atoms with Gasteiger partial charge in [-0.15, -0.1) is 0 Å². The van der Waals surface area contributed by atoms with Crippen molar-refractivity contribution < 1.29 is 9.36 Å². The highest BCUT2D eigenvalue weighted by Crippen LogP contribution is 2.21. The molecular weight excluding hydrogens is 238 g/mol. The van der Waals surface area contributed by atoms with Gasteiger partial charge in [0.15, 0.2) is 12.4 Å². The number of hydrogen-bond donors (Lipinski definition) is 0. The van der Waals surface area contributed by atoms with E-state index in [1.165, 1.54) is 5.01 Å². The number of aromatic nitrogens is 1. The smallest absolute Gasteiger partial charge is 0.253 e. The zero-order chi connectivity index (χ0) is 13.2. The fourth-order valence-corrected chi connectivity index (χ4v) is 2.05. The van der Waals surface area contributed by atoms with Crippen LogP contribution < -0.4 is 9.58 Å². The minimum absolute atomic E-state index is 0.00873. The summed E-state index contributed by atoms with van der Waals surface area (Å²) in [6.07, 6.45) is 4.25. The second kappa shape index (κ2) is 4.65. The second-order valence-electron chi connectivity index (χ2n) is 4.52. The molecule has 0 unspecified atom stereocenters. The van der Waals surface area contributed by atoms with Crippen LogP contribution in [0.2, 0.25) is 0 Å². The number of para-hydroxylation sites is 1. The van der Waals surface area contributed by atoms with Gasteiger partial charge in [0.05, 0.1) is 17.8 Å². The summed E-state index contributed by atoms with van der Waals surface area (Å²) in [5.41, 5.74) is 2.61. The second-order valence-corrected chi connectivity index (χ2v) is 4.52. The highest BCUT2D eigenvalue weighted by Gasteiger charge is 2.26. The largest absolute Gasteiger partial charge is 0.272 e. The Kier molecular flexibility index (Phi) is 2.83. The number of carbonyl (C=O) groups excluding carboxylic acids is 1. The molecule has 0 spiro atoms. The molecule has 19 heavy (non-hydrogen) atoms. The zero-order valence-electron chi connectivity index (χ0n) is 10.7. The predicted octanol–water partition coefficient (Wildman–Crippen LogP) is 1.65. The van der Waals surface area contributed by atoms with Crippen molar-refractivity contribution in [3.63, 3.8) is 0 Å². The SMILES string of the molecule is C[n+]1ccc(C2=NN(c3ccccc3)C(=O)C2)cc1. The zero-order valence-corrected chi connectivity index (χ0v) is 10.7. The Morgan fingerprint density at radius 2 is 1.79 bits per heavy atom. The summed E-state index contributed by atoms with van der Waals surface area (Å²) in [5, 5.41) is 5.90. The summed E-state index contributed by atoms with van der Waals surface area (Å²) >= 11 is 0. The fourth-order valence-electron chi connectivity index (χ4n) is 2.05. The standard InChI is InChI=1S/C15H14N3O/c1-17-9-7-12(8-10-17)14-11-15(19)18(16-14)13-5-3-2-4-6-13/h2-10H,11H2,1H3/q+1. The molecular formula is C15H14N3O+. The molecule has 2 aromatic rings. The summed E-state index contributed by atoms with van der Waals surface area (Å²) < 4.78 is 1.95. The van der Waals surface area contributed by atoms with E-state index in [1.54, 1.807) is 0 Å². The van der Waals surface area contributed by atoms with Crippen molar-refractivity contribution in [2.75, 3.05) is 5.01 Å². The molecule has 4 nitrogen and oxygen atoms in total. The lowest BCUT2D eigenvalue weighted by Crippen LogP contribution is -2.26. The van der Waals surface area contributed by atoms with Crippen molar-refractivity contribution in [3.05, 3.63) is 60.4 Å². The van der Waals surface area contributed by atoms with Gasteiger partial charge in [0.25, 0.3) is 5.91 Å². The van der Waals surface area contributed by atoms with Gasteiger partial charge in [-0.1, -0.05) is 18.2 Å². The van der Waals surface area contributed by atoms with Crippen molar-refractivity contribution in [1.82, 2.24) is 0 Å². The summed E-state index contributed by atoms with van der Waals surface area (Å²) in [6, 6.07) is 13.4. The highest BCUT2D eigenvalue weighted by molar-refractivity contribution is 6.19. The molecule has 1 amide bonds. The molecule has 2 heterocycles. The first kappa shape index (κ1) is 11.6. The molecule has 0 saturated carbocycles. The van der Waals surface area contributed by atoms with E-state index in [2.05, 4.69) is 5.10 Å². The Morgan fingerprint density at radius 1 is 1.11 bits per heavy atom. The van der Waals surface area contributed by atoms with Gasteiger partial charge in [-0.05, 0) is 12.1 Å². The van der Waals surface area contributed by atoms with Crippen molar-refractivity contribution >= 4 is 17.3 Å². The first-order valence-corrected chi connectivity index (χ1v) is 6.15. The average molecular weight is 252 g/mol. The van der Waals surface area contributed by atoms with Crippen LogP contribution in [-0.2, 0) is 11.8 Å². The molecule has 4 heteroatoms. The van der Waals surface area contributed by atoms with E-state index in [9.17, 15) is 4.79 Å². The van der Waals surface area contributed by atoms with Crippen LogP contribution in [0, 0.1) is 0 Å². The van der Waals surface area contributed by atoms with Crippen molar-refractivity contribution in [2.24, 2.45) is 12.1 Å². The number of amides is 1. The number of nitrogens with zero attached hydrogens (tertiary/aromatic N) is 3. The van der Waals surface area contributed by atoms with Gasteiger partial charge >= 0.3 is 0 Å². The maximum atomic E-state index is 12.0. The molecule has 0 N–H and O–H groups in total. The summed E-state index contributed by atoms with van der Waals surface area (Å²) in [7, 11) is 1.96. The minimum atomic E-state index is 0.00873. The van der Waals surface area contributed by atoms with Crippen LogP contribution in [0.5, 0.6) is 0 Å². The molecule has 0 fully saturated rings. The van der Waals surface area contributed by atoms with Crippen LogP contribution in [0.1, 0.15) is 12.0 Å². The molecule has 1 aliphatic heterocycles. The quantitative estimate of drug-likeness (QED) is 0.749. The maximum absolute atomic E-state index is 12.0. The monoisotopic (exact) mass is 252 g/mol. The third-order valence-electron chi connectivity index (χ3n) is 3.09. The topological polar surface area (TPSA) is 36.5 Å². The van der Waals surface area contributed by atoms with Gasteiger partial charge < -0.3 is 0 Å². The Hall–Kier alpha value is -2.49. The summed E-state index contributed by atoms with van der Waals surface area (Å²) in [4.78, 5) is 12.0. The number of aryl methyl sites for hydroxylation is 1. The van der Waals surface area contributed by atoms with Crippen molar-refractivity contribution in [3.8, 4) is 0 Å². The van der Waals surface area contributed by atoms with Crippen molar-refractivity contribution in [1.29, 1.82) is 0 Å². The van der Waals surface area contributed by atoms with Crippen LogP contribution in [0.25, 0.3) is 0 Å². The lowest BCUT2D eigenvalue weighted by atomic mass is 10.1. The van der Waals surface area contributed by atoms with E-state index in [0.717, 1.165) is 17.0 Å². The molecule has 0 aliphatic carbocycles. The Bertz CT molecular complexity index is 632. The van der Waals surface area contributed by atoms with Crippen LogP contribution in [0.15, 0.2) is 60.0 Å². The van der Waals surface area contributed by atoms with Gasteiger partial charge in [0, 0.05) is 17.7 Å². The van der Waals surface area contributed by atoms with E-state index in [0.29, 0.717) is 6.42 Å². The summed E-state index contributed by atoms with van der Waals surface area (Å²) in [5.74, 6) is 0.00873. The molecule has 94 valence electrons. The molecule has 1 aromatic carbocycles. The molecule has 0 saturated heterocycles. The van der Waals surface area contributed by atoms with Gasteiger partial charge in [-0.3, -0.25) is 4.79 Å². The van der Waals surface area contributed by atoms with Crippen LogP contribution in [0.4, 0.5) is 5.69 Å². The highest BCUT2D eigenvalue weighted by atomic mass is 16.2. The number of hydrazone groups is 1. The number of benzene rings is 1. The van der Waals surface area contributed by atoms with Gasteiger partial charge in [-0.25, -0.2) is 9.58 Å². The predicted molar refractivity (Wildman–Crippen MR) is 72.7 cm³/mol.